The van der Waals surface area contributed by atoms with E-state index in [0.717, 1.165) is 10.8 Å². The summed E-state index contributed by atoms with van der Waals surface area (Å²) in [5.74, 6) is -1.75. The minimum atomic E-state index is -2.59. The Bertz CT molecular complexity index is 1520. The van der Waals surface area contributed by atoms with E-state index >= 15 is 0 Å². The predicted octanol–water partition coefficient (Wildman–Crippen LogP) is 5.20. The number of carbonyl (C=O) groups excluding carboxylic acids is 2. The maximum Gasteiger partial charge on any atom is 0.338 e. The summed E-state index contributed by atoms with van der Waals surface area (Å²) >= 11 is 0. The van der Waals surface area contributed by atoms with Crippen LogP contribution in [0.4, 0.5) is 0 Å². The molecule has 9 atom stereocenters. The number of carbonyl (C=O) groups is 2. The first kappa shape index (κ1) is 32.3. The fourth-order valence-corrected chi connectivity index (χ4v) is 11.5. The zero-order valence-corrected chi connectivity index (χ0v) is 28.8. The number of benzene rings is 2. The van der Waals surface area contributed by atoms with E-state index in [1.807, 2.05) is 58.9 Å². The number of ketones is 1. The van der Waals surface area contributed by atoms with E-state index in [1.165, 1.54) is 0 Å². The number of hydrogen-bond acceptors (Lipinski definition) is 7. The Morgan fingerprint density at radius 1 is 1.00 bits per heavy atom. The van der Waals surface area contributed by atoms with Crippen molar-refractivity contribution in [1.29, 1.82) is 0 Å². The van der Waals surface area contributed by atoms with Crippen LogP contribution in [0.1, 0.15) is 64.7 Å². The fourth-order valence-electron chi connectivity index (χ4n) is 9.33. The zero-order chi connectivity index (χ0) is 32.7. The molecule has 1 heterocycles. The van der Waals surface area contributed by atoms with Crippen molar-refractivity contribution in [2.24, 2.45) is 28.1 Å². The van der Waals surface area contributed by atoms with Gasteiger partial charge in [0, 0.05) is 27.7 Å². The van der Waals surface area contributed by atoms with Crippen molar-refractivity contribution in [1.82, 2.24) is 0 Å². The van der Waals surface area contributed by atoms with E-state index in [1.54, 1.807) is 24.3 Å². The van der Waals surface area contributed by atoms with Crippen LogP contribution in [0.25, 0.3) is 0 Å². The van der Waals surface area contributed by atoms with Gasteiger partial charge in [0.15, 0.2) is 5.78 Å². The summed E-state index contributed by atoms with van der Waals surface area (Å²) in [6.07, 6.45) is -2.61. The molecule has 0 unspecified atom stereocenters. The molecule has 6 rings (SSSR count). The quantitative estimate of drug-likeness (QED) is 0.345. The van der Waals surface area contributed by atoms with Crippen LogP contribution < -0.4 is 5.19 Å². The Balaban J connectivity index is 1.58. The third kappa shape index (κ3) is 4.58. The summed E-state index contributed by atoms with van der Waals surface area (Å²) in [4.78, 5) is 28.7. The van der Waals surface area contributed by atoms with Gasteiger partial charge in [-0.3, -0.25) is 4.79 Å². The molecule has 2 saturated carbocycles. The van der Waals surface area contributed by atoms with Crippen LogP contribution in [0.5, 0.6) is 0 Å². The van der Waals surface area contributed by atoms with Crippen molar-refractivity contribution in [2.45, 2.75) is 97.5 Å². The molecule has 3 aliphatic carbocycles. The summed E-state index contributed by atoms with van der Waals surface area (Å²) in [5, 5.41) is 26.8. The van der Waals surface area contributed by atoms with Gasteiger partial charge in [0.2, 0.25) is 8.32 Å². The molecule has 1 aliphatic heterocycles. The lowest BCUT2D eigenvalue weighted by molar-refractivity contribution is -0.325. The Hall–Kier alpha value is -2.62. The highest BCUT2D eigenvalue weighted by atomic mass is 28.4. The summed E-state index contributed by atoms with van der Waals surface area (Å²) in [5.41, 5.74) is -2.90. The van der Waals surface area contributed by atoms with E-state index in [9.17, 15) is 19.8 Å². The molecule has 1 saturated heterocycles. The van der Waals surface area contributed by atoms with Gasteiger partial charge in [-0.05, 0) is 56.1 Å². The number of hydrogen-bond donors (Lipinski definition) is 2. The van der Waals surface area contributed by atoms with Crippen LogP contribution in [-0.2, 0) is 18.7 Å². The number of fused-ring (bicyclic) bond motifs is 5. The average Bonchev–Trinajstić information content (AvgIpc) is 3.00. The largest absolute Gasteiger partial charge is 0.455 e. The van der Waals surface area contributed by atoms with Crippen LogP contribution in [0.15, 0.2) is 71.8 Å². The Labute approximate surface area is 268 Å². The lowest BCUT2D eigenvalue weighted by Crippen LogP contribution is -2.78. The molecule has 0 radical (unpaired) electrons. The molecule has 3 fully saturated rings. The lowest BCUT2D eigenvalue weighted by Gasteiger charge is -2.69. The van der Waals surface area contributed by atoms with E-state index < -0.39 is 60.4 Å². The monoisotopic (exact) mass is 632 g/mol. The highest BCUT2D eigenvalue weighted by Gasteiger charge is 2.75. The molecule has 2 aromatic rings. The number of Topliss-reactive ketones (excluding diaryl/α,β-unsaturated/α-hetero) is 1. The molecule has 8 heteroatoms. The Morgan fingerprint density at radius 3 is 2.18 bits per heavy atom. The van der Waals surface area contributed by atoms with E-state index in [-0.39, 0.29) is 17.8 Å². The highest BCUT2D eigenvalue weighted by molar-refractivity contribution is 6.84. The summed E-state index contributed by atoms with van der Waals surface area (Å²) in [6.45, 7) is 16.2. The second-order valence-corrected chi connectivity index (χ2v) is 19.4. The lowest BCUT2D eigenvalue weighted by atomic mass is 9.42. The molecule has 2 bridgehead atoms. The molecule has 242 valence electrons. The molecule has 0 spiro atoms. The van der Waals surface area contributed by atoms with Crippen LogP contribution in [0, 0.1) is 28.1 Å². The van der Waals surface area contributed by atoms with Crippen molar-refractivity contribution in [2.75, 3.05) is 6.61 Å². The topological polar surface area (TPSA) is 102 Å². The van der Waals surface area contributed by atoms with Crippen molar-refractivity contribution >= 4 is 25.3 Å². The van der Waals surface area contributed by atoms with Crippen LogP contribution >= 0.6 is 0 Å². The molecule has 7 nitrogen and oxygen atoms in total. The smallest absolute Gasteiger partial charge is 0.338 e. The Kier molecular flexibility index (Phi) is 7.69. The molecular weight excluding hydrogens is 584 g/mol. The van der Waals surface area contributed by atoms with E-state index in [2.05, 4.69) is 32.2 Å². The van der Waals surface area contributed by atoms with Gasteiger partial charge >= 0.3 is 5.97 Å². The minimum Gasteiger partial charge on any atom is -0.455 e. The van der Waals surface area contributed by atoms with E-state index in [4.69, 9.17) is 13.9 Å². The molecular formula is C37H48O7Si. The third-order valence-electron chi connectivity index (χ3n) is 12.3. The second kappa shape index (κ2) is 10.7. The molecule has 0 aromatic heterocycles. The number of rotatable bonds is 5. The number of esters is 1. The first-order valence-electron chi connectivity index (χ1n) is 16.3. The van der Waals surface area contributed by atoms with Crippen molar-refractivity contribution < 1.29 is 33.7 Å². The molecule has 45 heavy (non-hydrogen) atoms. The van der Waals surface area contributed by atoms with Crippen LogP contribution in [-0.4, -0.2) is 66.9 Å². The molecule has 2 aromatic carbocycles. The first-order chi connectivity index (χ1) is 21.0. The van der Waals surface area contributed by atoms with Gasteiger partial charge in [0.25, 0.3) is 0 Å². The molecule has 4 aliphatic rings. The predicted molar refractivity (Wildman–Crippen MR) is 174 cm³/mol. The standard InChI is InChI=1S/C37H48O7Si/c1-22-20-37(41)32(43-33(40)24-15-11-9-12-16-24)30-35(5)21-42-26(35)19-27(44-45(7,8)25-17-13-10-14-18-25)36(30,6)31(39)29(38)28(23(22)2)34(37,3)4/h9-18,22,26-27,30-32,39,41H,19-21H2,1-8H3/t22-,26+,27-,30+,31-,32-,35+,36+,37+/m0/s1. The molecule has 0 amide bonds. The number of aliphatic hydroxyl groups excluding tert-OH is 1. The maximum absolute atomic E-state index is 14.7. The fraction of sp³-hybridized carbons (Fsp3) is 0.568. The maximum atomic E-state index is 14.7. The van der Waals surface area contributed by atoms with Crippen molar-refractivity contribution in [3.63, 3.8) is 0 Å². The second-order valence-electron chi connectivity index (χ2n) is 15.5. The summed E-state index contributed by atoms with van der Waals surface area (Å²) in [6, 6.07) is 18.9. The van der Waals surface area contributed by atoms with E-state index in [0.29, 0.717) is 30.6 Å². The number of aliphatic hydroxyl groups is 2. The van der Waals surface area contributed by atoms with Gasteiger partial charge in [-0.2, -0.15) is 0 Å². The Morgan fingerprint density at radius 2 is 1.60 bits per heavy atom. The summed E-state index contributed by atoms with van der Waals surface area (Å²) < 4.78 is 20.0. The summed E-state index contributed by atoms with van der Waals surface area (Å²) in [7, 11) is -2.59. The number of ether oxygens (including phenoxy) is 2. The van der Waals surface area contributed by atoms with Gasteiger partial charge < -0.3 is 24.1 Å². The van der Waals surface area contributed by atoms with Gasteiger partial charge in [-0.1, -0.05) is 88.7 Å². The van der Waals surface area contributed by atoms with Gasteiger partial charge in [-0.15, -0.1) is 0 Å². The molecule has 2 N–H and O–H groups in total. The first-order valence-corrected chi connectivity index (χ1v) is 19.2. The van der Waals surface area contributed by atoms with Gasteiger partial charge in [0.1, 0.15) is 17.8 Å². The van der Waals surface area contributed by atoms with Crippen molar-refractivity contribution in [3.8, 4) is 0 Å². The highest BCUT2D eigenvalue weighted by Crippen LogP contribution is 2.66. The number of allylic oxidation sites excluding steroid dienone is 1. The van der Waals surface area contributed by atoms with Crippen molar-refractivity contribution in [3.05, 3.63) is 77.4 Å². The average molecular weight is 633 g/mol. The minimum absolute atomic E-state index is 0.169. The van der Waals surface area contributed by atoms with Crippen LogP contribution in [0.2, 0.25) is 13.1 Å². The van der Waals surface area contributed by atoms with Crippen LogP contribution in [0.3, 0.4) is 0 Å². The zero-order valence-electron chi connectivity index (χ0n) is 27.8. The SMILES string of the molecule is CC1=C2C(=O)[C@H](O)[C@]3(C)[C@@H](O[Si](C)(C)c4ccccc4)C[C@H]4OC[C@@]4(C)[C@H]3[C@H](OC(=O)c3ccccc3)[C@](O)(C[C@@H]1C)C2(C)C. The third-order valence-corrected chi connectivity index (χ3v) is 14.9. The normalized spacial score (nSPS) is 39.1. The van der Waals surface area contributed by atoms with Gasteiger partial charge in [-0.25, -0.2) is 4.79 Å². The van der Waals surface area contributed by atoms with Gasteiger partial charge in [0.05, 0.1) is 24.4 Å².